The Balaban J connectivity index is 1.91. The van der Waals surface area contributed by atoms with Gasteiger partial charge >= 0.3 is 0 Å². The molecule has 0 amide bonds. The molecule has 1 atom stereocenters. The highest BCUT2D eigenvalue weighted by Gasteiger charge is 2.31. The summed E-state index contributed by atoms with van der Waals surface area (Å²) in [7, 11) is 1.63. The van der Waals surface area contributed by atoms with Crippen LogP contribution in [0.4, 0.5) is 0 Å². The van der Waals surface area contributed by atoms with Gasteiger partial charge in [0.05, 0.1) is 17.9 Å². The molecule has 156 valence electrons. The zero-order valence-corrected chi connectivity index (χ0v) is 17.9. The SMILES string of the molecule is COc1ccc(-c2c3c(cc4c(=O)c5ccccc5oc24)C(=O)CC(C(C)C)C3)cc1. The third kappa shape index (κ3) is 3.14. The lowest BCUT2D eigenvalue weighted by atomic mass is 9.74. The number of methoxy groups -OCH3 is 1. The molecule has 0 bridgehead atoms. The molecule has 1 aliphatic carbocycles. The Kier molecular flexibility index (Phi) is 4.66. The third-order valence-corrected chi connectivity index (χ3v) is 6.51. The first-order valence-electron chi connectivity index (χ1n) is 10.7. The molecule has 1 unspecified atom stereocenters. The van der Waals surface area contributed by atoms with Crippen LogP contribution in [0.25, 0.3) is 33.1 Å². The summed E-state index contributed by atoms with van der Waals surface area (Å²) in [6, 6.07) is 16.7. The highest BCUT2D eigenvalue weighted by molar-refractivity contribution is 6.08. The maximum Gasteiger partial charge on any atom is 0.200 e. The second-order valence-electron chi connectivity index (χ2n) is 8.65. The first kappa shape index (κ1) is 19.6. The molecule has 1 heterocycles. The van der Waals surface area contributed by atoms with Gasteiger partial charge in [0.1, 0.15) is 16.9 Å². The minimum absolute atomic E-state index is 0.101. The van der Waals surface area contributed by atoms with E-state index in [4.69, 9.17) is 9.15 Å². The lowest BCUT2D eigenvalue weighted by Gasteiger charge is -2.29. The molecule has 0 spiro atoms. The molecule has 0 N–H and O–H groups in total. The first-order chi connectivity index (χ1) is 15.0. The van der Waals surface area contributed by atoms with E-state index in [0.29, 0.717) is 39.8 Å². The summed E-state index contributed by atoms with van der Waals surface area (Å²) >= 11 is 0. The van der Waals surface area contributed by atoms with Crippen molar-refractivity contribution in [1.82, 2.24) is 0 Å². The monoisotopic (exact) mass is 412 g/mol. The molecule has 5 rings (SSSR count). The molecule has 4 nitrogen and oxygen atoms in total. The van der Waals surface area contributed by atoms with E-state index < -0.39 is 0 Å². The minimum Gasteiger partial charge on any atom is -0.497 e. The number of carbonyl (C=O) groups excluding carboxylic acids is 1. The zero-order chi connectivity index (χ0) is 21.7. The van der Waals surface area contributed by atoms with E-state index in [2.05, 4.69) is 13.8 Å². The van der Waals surface area contributed by atoms with Crippen LogP contribution in [0.1, 0.15) is 36.2 Å². The lowest BCUT2D eigenvalue weighted by molar-refractivity contribution is 0.0933. The predicted octanol–water partition coefficient (Wildman–Crippen LogP) is 6.02. The molecule has 0 aliphatic heterocycles. The zero-order valence-electron chi connectivity index (χ0n) is 17.9. The number of ketones is 1. The van der Waals surface area contributed by atoms with Gasteiger partial charge in [0, 0.05) is 17.5 Å². The van der Waals surface area contributed by atoms with Gasteiger partial charge in [0.15, 0.2) is 5.78 Å². The molecular formula is C27H24O4. The van der Waals surface area contributed by atoms with Crippen molar-refractivity contribution in [3.8, 4) is 16.9 Å². The average Bonchev–Trinajstić information content (AvgIpc) is 2.78. The van der Waals surface area contributed by atoms with Gasteiger partial charge in [-0.1, -0.05) is 38.1 Å². The highest BCUT2D eigenvalue weighted by Crippen LogP contribution is 2.41. The Morgan fingerprint density at radius 2 is 1.71 bits per heavy atom. The van der Waals surface area contributed by atoms with Gasteiger partial charge < -0.3 is 9.15 Å². The maximum atomic E-state index is 13.3. The molecule has 0 radical (unpaired) electrons. The molecule has 31 heavy (non-hydrogen) atoms. The first-order valence-corrected chi connectivity index (χ1v) is 10.7. The van der Waals surface area contributed by atoms with Crippen molar-refractivity contribution in [2.45, 2.75) is 26.7 Å². The molecule has 0 saturated heterocycles. The van der Waals surface area contributed by atoms with Crippen LogP contribution < -0.4 is 10.2 Å². The summed E-state index contributed by atoms with van der Waals surface area (Å²) in [5, 5.41) is 0.985. The Labute approximate surface area is 180 Å². The molecule has 1 aromatic heterocycles. The lowest BCUT2D eigenvalue weighted by Crippen LogP contribution is -2.25. The van der Waals surface area contributed by atoms with Gasteiger partial charge in [-0.25, -0.2) is 0 Å². The molecule has 4 aromatic rings. The summed E-state index contributed by atoms with van der Waals surface area (Å²) in [5.74, 6) is 1.51. The number of rotatable bonds is 3. The third-order valence-electron chi connectivity index (χ3n) is 6.51. The van der Waals surface area contributed by atoms with Crippen LogP contribution in [-0.4, -0.2) is 12.9 Å². The molecule has 4 heteroatoms. The number of hydrogen-bond donors (Lipinski definition) is 0. The fourth-order valence-electron chi connectivity index (χ4n) is 4.65. The number of benzene rings is 3. The van der Waals surface area contributed by atoms with Gasteiger partial charge in [-0.3, -0.25) is 9.59 Å². The van der Waals surface area contributed by atoms with Crippen molar-refractivity contribution in [1.29, 1.82) is 0 Å². The van der Waals surface area contributed by atoms with Crippen LogP contribution in [0.5, 0.6) is 5.75 Å². The minimum atomic E-state index is -0.104. The smallest absolute Gasteiger partial charge is 0.200 e. The van der Waals surface area contributed by atoms with Gasteiger partial charge in [0.2, 0.25) is 5.43 Å². The topological polar surface area (TPSA) is 56.5 Å². The van der Waals surface area contributed by atoms with E-state index in [1.54, 1.807) is 19.2 Å². The maximum absolute atomic E-state index is 13.3. The van der Waals surface area contributed by atoms with E-state index in [0.717, 1.165) is 28.9 Å². The summed E-state index contributed by atoms with van der Waals surface area (Å²) in [4.78, 5) is 26.5. The Bertz CT molecular complexity index is 1380. The molecule has 3 aromatic carbocycles. The second kappa shape index (κ2) is 7.38. The number of ether oxygens (including phenoxy) is 1. The van der Waals surface area contributed by atoms with Crippen molar-refractivity contribution in [2.75, 3.05) is 7.11 Å². The summed E-state index contributed by atoms with van der Waals surface area (Å²) < 4.78 is 11.6. The number of fused-ring (bicyclic) bond motifs is 3. The van der Waals surface area contributed by atoms with Crippen LogP contribution >= 0.6 is 0 Å². The Morgan fingerprint density at radius 3 is 2.42 bits per heavy atom. The van der Waals surface area contributed by atoms with Crippen LogP contribution in [0.3, 0.4) is 0 Å². The van der Waals surface area contributed by atoms with Gasteiger partial charge in [-0.15, -0.1) is 0 Å². The highest BCUT2D eigenvalue weighted by atomic mass is 16.5. The number of carbonyl (C=O) groups is 1. The van der Waals surface area contributed by atoms with E-state index >= 15 is 0 Å². The summed E-state index contributed by atoms with van der Waals surface area (Å²) in [6.07, 6.45) is 1.30. The quantitative estimate of drug-likeness (QED) is 0.386. The predicted molar refractivity (Wildman–Crippen MR) is 123 cm³/mol. The molecule has 0 fully saturated rings. The van der Waals surface area contributed by atoms with Crippen LogP contribution in [-0.2, 0) is 6.42 Å². The summed E-state index contributed by atoms with van der Waals surface area (Å²) in [6.45, 7) is 4.31. The second-order valence-corrected chi connectivity index (χ2v) is 8.65. The fourth-order valence-corrected chi connectivity index (χ4v) is 4.65. The van der Waals surface area contributed by atoms with Crippen molar-refractivity contribution in [3.05, 3.63) is 75.9 Å². The Morgan fingerprint density at radius 1 is 0.968 bits per heavy atom. The average molecular weight is 412 g/mol. The van der Waals surface area contributed by atoms with Crippen LogP contribution in [0, 0.1) is 11.8 Å². The van der Waals surface area contributed by atoms with Crippen molar-refractivity contribution >= 4 is 27.7 Å². The van der Waals surface area contributed by atoms with Crippen molar-refractivity contribution < 1.29 is 13.9 Å². The van der Waals surface area contributed by atoms with Gasteiger partial charge in [-0.05, 0) is 59.7 Å². The molecule has 1 aliphatic rings. The van der Waals surface area contributed by atoms with Crippen LogP contribution in [0.2, 0.25) is 0 Å². The van der Waals surface area contributed by atoms with E-state index in [9.17, 15) is 9.59 Å². The largest absolute Gasteiger partial charge is 0.497 e. The molecular weight excluding hydrogens is 388 g/mol. The Hall–Kier alpha value is -3.40. The van der Waals surface area contributed by atoms with E-state index in [-0.39, 0.29) is 17.1 Å². The van der Waals surface area contributed by atoms with E-state index in [1.807, 2.05) is 42.5 Å². The standard InChI is InChI=1S/C27H24O4/c1-15(2)17-12-21-20(23(28)13-17)14-22-26(29)19-6-4-5-7-24(19)31-27(22)25(21)16-8-10-18(30-3)11-9-16/h4-11,14-15,17H,12-13H2,1-3H3. The van der Waals surface area contributed by atoms with Crippen molar-refractivity contribution in [2.24, 2.45) is 11.8 Å². The van der Waals surface area contributed by atoms with Gasteiger partial charge in [-0.2, -0.15) is 0 Å². The van der Waals surface area contributed by atoms with E-state index in [1.165, 1.54) is 0 Å². The van der Waals surface area contributed by atoms with Crippen LogP contribution in [0.15, 0.2) is 63.8 Å². The molecule has 0 saturated carbocycles. The fraction of sp³-hybridized carbons (Fsp3) is 0.259. The summed E-state index contributed by atoms with van der Waals surface area (Å²) in [5.41, 5.74) is 4.38. The van der Waals surface area contributed by atoms with Crippen molar-refractivity contribution in [3.63, 3.8) is 0 Å². The number of Topliss-reactive ketones (excluding diaryl/α,β-unsaturated/α-hetero) is 1. The number of para-hydroxylation sites is 1. The number of hydrogen-bond acceptors (Lipinski definition) is 4. The van der Waals surface area contributed by atoms with Gasteiger partial charge in [0.25, 0.3) is 0 Å². The normalized spacial score (nSPS) is 16.1.